The van der Waals surface area contributed by atoms with Crippen molar-refractivity contribution in [3.05, 3.63) is 39.4 Å². The van der Waals surface area contributed by atoms with Crippen molar-refractivity contribution in [3.63, 3.8) is 0 Å². The summed E-state index contributed by atoms with van der Waals surface area (Å²) in [5.74, 6) is 1.06. The number of aromatic nitrogens is 3. The van der Waals surface area contributed by atoms with Crippen molar-refractivity contribution >= 4 is 18.4 Å². The highest BCUT2D eigenvalue weighted by atomic mass is 32.1. The molecule has 1 aromatic carbocycles. The summed E-state index contributed by atoms with van der Waals surface area (Å²) in [7, 11) is 0. The zero-order chi connectivity index (χ0) is 18.3. The summed E-state index contributed by atoms with van der Waals surface area (Å²) in [5, 5.41) is 21.9. The van der Waals surface area contributed by atoms with Gasteiger partial charge in [-0.05, 0) is 47.7 Å². The first-order chi connectivity index (χ1) is 10.9. The minimum atomic E-state index is -0.171. The molecule has 0 fully saturated rings. The SMILES string of the molecule is Cc1n[nH]c(=S)n1N=Cc1cc(C(C)(C)C)c(O)c(C(C)(C)C)c1. The Morgan fingerprint density at radius 1 is 1.12 bits per heavy atom. The second-order valence-electron chi connectivity index (χ2n) is 8.10. The number of phenols is 1. The van der Waals surface area contributed by atoms with E-state index in [-0.39, 0.29) is 10.8 Å². The first-order valence-electron chi connectivity index (χ1n) is 7.97. The molecular formula is C18H26N4OS. The van der Waals surface area contributed by atoms with Gasteiger partial charge in [0, 0.05) is 11.1 Å². The van der Waals surface area contributed by atoms with Crippen LogP contribution in [-0.2, 0) is 10.8 Å². The molecule has 6 heteroatoms. The lowest BCUT2D eigenvalue weighted by molar-refractivity contribution is 0.423. The van der Waals surface area contributed by atoms with E-state index in [1.165, 1.54) is 0 Å². The van der Waals surface area contributed by atoms with Crippen LogP contribution in [0.1, 0.15) is 64.1 Å². The molecule has 0 aliphatic rings. The van der Waals surface area contributed by atoms with Crippen molar-refractivity contribution in [2.24, 2.45) is 5.10 Å². The van der Waals surface area contributed by atoms with Gasteiger partial charge in [0.15, 0.2) is 0 Å². The number of hydrogen-bond donors (Lipinski definition) is 2. The fourth-order valence-electron chi connectivity index (χ4n) is 2.51. The standard InChI is InChI=1S/C18H26N4OS/c1-11-20-21-16(24)22(11)19-10-12-8-13(17(2,3)4)15(23)14(9-12)18(5,6)7/h8-10,23H,1-7H3,(H,21,24). The van der Waals surface area contributed by atoms with E-state index in [2.05, 4.69) is 56.8 Å². The summed E-state index contributed by atoms with van der Waals surface area (Å²) < 4.78 is 2.03. The zero-order valence-corrected chi connectivity index (χ0v) is 16.2. The van der Waals surface area contributed by atoms with Crippen LogP contribution in [0.2, 0.25) is 0 Å². The topological polar surface area (TPSA) is 66.2 Å². The lowest BCUT2D eigenvalue weighted by Crippen LogP contribution is -2.18. The number of nitrogens with zero attached hydrogens (tertiary/aromatic N) is 3. The number of hydrogen-bond acceptors (Lipinski definition) is 4. The minimum absolute atomic E-state index is 0.171. The Morgan fingerprint density at radius 2 is 1.62 bits per heavy atom. The Bertz CT molecular complexity index is 797. The quantitative estimate of drug-likeness (QED) is 0.624. The van der Waals surface area contributed by atoms with Crippen molar-refractivity contribution in [2.45, 2.75) is 59.3 Å². The predicted octanol–water partition coefficient (Wildman–Crippen LogP) is 4.43. The molecule has 0 atom stereocenters. The summed E-state index contributed by atoms with van der Waals surface area (Å²) in [6.07, 6.45) is 1.75. The molecule has 0 aliphatic heterocycles. The Labute approximate surface area is 148 Å². The number of aryl methyl sites for hydroxylation is 1. The van der Waals surface area contributed by atoms with Crippen molar-refractivity contribution < 1.29 is 5.11 Å². The van der Waals surface area contributed by atoms with Crippen molar-refractivity contribution in [3.8, 4) is 5.75 Å². The summed E-state index contributed by atoms with van der Waals surface area (Å²) in [5.41, 5.74) is 2.39. The zero-order valence-electron chi connectivity index (χ0n) is 15.4. The fraction of sp³-hybridized carbons (Fsp3) is 0.500. The molecule has 0 bridgehead atoms. The van der Waals surface area contributed by atoms with Crippen LogP contribution in [0.4, 0.5) is 0 Å². The minimum Gasteiger partial charge on any atom is -0.507 e. The second-order valence-corrected chi connectivity index (χ2v) is 8.48. The van der Waals surface area contributed by atoms with Gasteiger partial charge in [0.1, 0.15) is 11.6 Å². The van der Waals surface area contributed by atoms with E-state index in [4.69, 9.17) is 12.2 Å². The number of aromatic hydroxyl groups is 1. The van der Waals surface area contributed by atoms with Gasteiger partial charge < -0.3 is 5.11 Å². The summed E-state index contributed by atoms with van der Waals surface area (Å²) in [6, 6.07) is 3.96. The highest BCUT2D eigenvalue weighted by Gasteiger charge is 2.26. The van der Waals surface area contributed by atoms with Crippen LogP contribution in [0.3, 0.4) is 0 Å². The number of benzene rings is 1. The van der Waals surface area contributed by atoms with Crippen LogP contribution in [0.15, 0.2) is 17.2 Å². The van der Waals surface area contributed by atoms with E-state index in [1.807, 2.05) is 19.1 Å². The molecule has 2 N–H and O–H groups in total. The van der Waals surface area contributed by atoms with Gasteiger partial charge in [0.05, 0.1) is 6.21 Å². The monoisotopic (exact) mass is 346 g/mol. The third-order valence-corrected chi connectivity index (χ3v) is 4.15. The number of nitrogens with one attached hydrogen (secondary N) is 1. The molecule has 24 heavy (non-hydrogen) atoms. The van der Waals surface area contributed by atoms with Crippen LogP contribution in [0, 0.1) is 11.7 Å². The molecular weight excluding hydrogens is 320 g/mol. The maximum absolute atomic E-state index is 10.7. The summed E-state index contributed by atoms with van der Waals surface area (Å²) in [6.45, 7) is 14.4. The summed E-state index contributed by atoms with van der Waals surface area (Å²) >= 11 is 5.17. The van der Waals surface area contributed by atoms with Crippen molar-refractivity contribution in [2.75, 3.05) is 0 Å². The molecule has 0 unspecified atom stereocenters. The predicted molar refractivity (Wildman–Crippen MR) is 101 cm³/mol. The molecule has 0 aliphatic carbocycles. The number of aromatic amines is 1. The van der Waals surface area contributed by atoms with E-state index in [0.717, 1.165) is 16.7 Å². The number of H-pyrrole nitrogens is 1. The first kappa shape index (κ1) is 18.4. The molecule has 0 amide bonds. The third-order valence-electron chi connectivity index (χ3n) is 3.88. The van der Waals surface area contributed by atoms with Crippen molar-refractivity contribution in [1.82, 2.24) is 14.9 Å². The van der Waals surface area contributed by atoms with Gasteiger partial charge in [-0.1, -0.05) is 41.5 Å². The van der Waals surface area contributed by atoms with Gasteiger partial charge in [0.2, 0.25) is 4.77 Å². The average Bonchev–Trinajstić information content (AvgIpc) is 2.74. The highest BCUT2D eigenvalue weighted by Crippen LogP contribution is 2.39. The van der Waals surface area contributed by atoms with E-state index < -0.39 is 0 Å². The molecule has 2 rings (SSSR count). The van der Waals surface area contributed by atoms with Crippen LogP contribution >= 0.6 is 12.2 Å². The van der Waals surface area contributed by atoms with Crippen LogP contribution in [0.5, 0.6) is 5.75 Å². The number of rotatable bonds is 2. The molecule has 1 heterocycles. The Morgan fingerprint density at radius 3 is 2.00 bits per heavy atom. The fourth-order valence-corrected chi connectivity index (χ4v) is 2.73. The highest BCUT2D eigenvalue weighted by molar-refractivity contribution is 7.71. The smallest absolute Gasteiger partial charge is 0.216 e. The lowest BCUT2D eigenvalue weighted by Gasteiger charge is -2.27. The van der Waals surface area contributed by atoms with E-state index in [1.54, 1.807) is 10.9 Å². The molecule has 1 aromatic heterocycles. The van der Waals surface area contributed by atoms with Gasteiger partial charge in [-0.3, -0.25) is 5.10 Å². The molecule has 5 nitrogen and oxygen atoms in total. The Hall–Kier alpha value is -1.95. The maximum Gasteiger partial charge on any atom is 0.216 e. The molecule has 0 radical (unpaired) electrons. The Kier molecular flexibility index (Phi) is 4.72. The molecule has 2 aromatic rings. The largest absolute Gasteiger partial charge is 0.507 e. The van der Waals surface area contributed by atoms with Gasteiger partial charge in [-0.25, -0.2) is 0 Å². The van der Waals surface area contributed by atoms with E-state index in [9.17, 15) is 5.11 Å². The van der Waals surface area contributed by atoms with Gasteiger partial charge >= 0.3 is 0 Å². The second kappa shape index (κ2) is 6.16. The Balaban J connectivity index is 2.61. The molecule has 0 saturated heterocycles. The maximum atomic E-state index is 10.7. The summed E-state index contributed by atoms with van der Waals surface area (Å²) in [4.78, 5) is 0. The number of phenolic OH excluding ortho intramolecular Hbond substituents is 1. The van der Waals surface area contributed by atoms with Crippen LogP contribution in [-0.4, -0.2) is 26.2 Å². The van der Waals surface area contributed by atoms with Gasteiger partial charge in [-0.2, -0.15) is 14.9 Å². The van der Waals surface area contributed by atoms with E-state index in [0.29, 0.717) is 16.3 Å². The van der Waals surface area contributed by atoms with Gasteiger partial charge in [0.25, 0.3) is 0 Å². The molecule has 130 valence electrons. The van der Waals surface area contributed by atoms with Crippen molar-refractivity contribution in [1.29, 1.82) is 0 Å². The molecule has 0 saturated carbocycles. The van der Waals surface area contributed by atoms with Crippen LogP contribution < -0.4 is 0 Å². The first-order valence-corrected chi connectivity index (χ1v) is 8.38. The molecule has 0 spiro atoms. The normalized spacial score (nSPS) is 13.0. The third kappa shape index (κ3) is 3.75. The lowest BCUT2D eigenvalue weighted by atomic mass is 9.78. The van der Waals surface area contributed by atoms with Gasteiger partial charge in [-0.15, -0.1) is 0 Å². The average molecular weight is 347 g/mol. The van der Waals surface area contributed by atoms with Crippen LogP contribution in [0.25, 0.3) is 0 Å². The van der Waals surface area contributed by atoms with E-state index >= 15 is 0 Å².